The first kappa shape index (κ1) is 95.7. The summed E-state index contributed by atoms with van der Waals surface area (Å²) in [6, 6.07) is 11.7. The van der Waals surface area contributed by atoms with Gasteiger partial charge in [0.05, 0.1) is 88.9 Å². The number of alkyl halides is 6. The van der Waals surface area contributed by atoms with Crippen LogP contribution in [0.2, 0.25) is 0 Å². The summed E-state index contributed by atoms with van der Waals surface area (Å²) < 4.78 is 170. The Bertz CT molecular complexity index is 4900. The number of piperidine rings is 1. The van der Waals surface area contributed by atoms with Crippen molar-refractivity contribution < 1.29 is 76.2 Å². The Morgan fingerprint density at radius 1 is 0.558 bits per heavy atom. The topological polar surface area (TPSA) is 316 Å². The van der Waals surface area contributed by atoms with E-state index < -0.39 is 64.6 Å². The van der Waals surface area contributed by atoms with Crippen molar-refractivity contribution in [2.75, 3.05) is 143 Å². The molecular formula is C81H114BrF7N18O10S3. The average Bonchev–Trinajstić information content (AvgIpc) is 1.09. The van der Waals surface area contributed by atoms with Gasteiger partial charge in [-0.1, -0.05) is 32.1 Å². The molecule has 6 N–H and O–H groups in total. The number of nitrogens with one attached hydrogen (secondary N) is 6. The monoisotopic (exact) mass is 1810 g/mol. The Balaban J connectivity index is 0.000000205. The van der Waals surface area contributed by atoms with E-state index in [-0.39, 0.29) is 119 Å². The fourth-order valence-corrected chi connectivity index (χ4v) is 18.8. The largest absolute Gasteiger partial charge is 0.495 e. The van der Waals surface area contributed by atoms with Crippen LogP contribution >= 0.6 is 15.9 Å². The van der Waals surface area contributed by atoms with Crippen LogP contribution in [0.1, 0.15) is 145 Å². The number of sulfonamides is 1. The lowest BCUT2D eigenvalue weighted by molar-refractivity contribution is -0.139. The second-order valence-electron chi connectivity index (χ2n) is 32.0. The van der Waals surface area contributed by atoms with Crippen molar-refractivity contribution in [1.29, 1.82) is 0 Å². The van der Waals surface area contributed by atoms with E-state index in [4.69, 9.17) is 14.2 Å². The Morgan fingerprint density at radius 3 is 1.53 bits per heavy atom. The maximum atomic E-state index is 15.1. The van der Waals surface area contributed by atoms with Crippen molar-refractivity contribution in [1.82, 2.24) is 68.2 Å². The van der Waals surface area contributed by atoms with E-state index in [1.54, 1.807) is 78.6 Å². The number of carbonyl (C=O) groups is 3. The number of nitrogens with zero attached hydrogens (tertiary/aromatic N) is 12. The van der Waals surface area contributed by atoms with E-state index in [1.165, 1.54) is 50.3 Å². The lowest BCUT2D eigenvalue weighted by atomic mass is 9.81. The van der Waals surface area contributed by atoms with Gasteiger partial charge >= 0.3 is 12.4 Å². The summed E-state index contributed by atoms with van der Waals surface area (Å²) in [5.74, 6) is 6.92. The van der Waals surface area contributed by atoms with Crippen LogP contribution < -0.4 is 46.1 Å². The summed E-state index contributed by atoms with van der Waals surface area (Å²) in [4.78, 5) is 69.7. The zero-order valence-corrected chi connectivity index (χ0v) is 74.4. The molecule has 3 aliphatic carbocycles. The van der Waals surface area contributed by atoms with E-state index in [9.17, 15) is 57.6 Å². The number of carbonyl (C=O) groups excluding carboxylic acids is 3. The van der Waals surface area contributed by atoms with E-state index >= 15 is 4.39 Å². The van der Waals surface area contributed by atoms with Crippen LogP contribution in [-0.2, 0) is 65.8 Å². The van der Waals surface area contributed by atoms with E-state index in [0.717, 1.165) is 121 Å². The van der Waals surface area contributed by atoms with Crippen LogP contribution in [-0.4, -0.2) is 256 Å². The predicted molar refractivity (Wildman–Crippen MR) is 460 cm³/mol. The van der Waals surface area contributed by atoms with Gasteiger partial charge in [-0.2, -0.15) is 26.3 Å². The molecule has 6 aromatic rings. The van der Waals surface area contributed by atoms with Crippen LogP contribution in [0, 0.1) is 23.6 Å². The van der Waals surface area contributed by atoms with Crippen molar-refractivity contribution in [2.24, 2.45) is 17.8 Å². The Labute approximate surface area is 708 Å². The van der Waals surface area contributed by atoms with Gasteiger partial charge in [0.1, 0.15) is 23.1 Å². The molecule has 120 heavy (non-hydrogen) atoms. The molecule has 0 spiro atoms. The van der Waals surface area contributed by atoms with Crippen LogP contribution in [0.15, 0.2) is 71.6 Å². The van der Waals surface area contributed by atoms with Crippen LogP contribution in [0.3, 0.4) is 0 Å². The van der Waals surface area contributed by atoms with Gasteiger partial charge in [-0.05, 0) is 227 Å². The summed E-state index contributed by atoms with van der Waals surface area (Å²) in [5.41, 5.74) is 0.538. The highest BCUT2D eigenvalue weighted by atomic mass is 79.9. The lowest BCUT2D eigenvalue weighted by Gasteiger charge is -2.38. The van der Waals surface area contributed by atoms with Crippen molar-refractivity contribution in [3.05, 3.63) is 117 Å². The normalized spacial score (nSPS) is 21.2. The molecule has 11 rings (SSSR count). The second kappa shape index (κ2) is 41.8. The molecule has 5 aliphatic rings. The number of anilines is 7. The molecule has 3 aromatic carbocycles. The SMILES string of the molecule is C=S(C)(=O)N(C)[C@@H]1CCCC[C@H]1Cc1nc(Nc2cc(C(=O)NCCN(C)C)ccc2OC)ncc1C(F)(F)F.C=S(C)(=O)N(C)[C@@H]1CCCC[C@H]1Cc1nc(Nc2ccc(NC(=O)[C@H]3CCCN3C)cc2OC)ncc1C(F)(F)F.COc1cc(C(=O)NC2CCN(C)CC2)c(F)cc1Nc1ncc(Br)c(C[C@@H]2CCC[C@H]2N(C)S(C)(=O)=O)n1. The minimum Gasteiger partial charge on any atom is -0.495 e. The summed E-state index contributed by atoms with van der Waals surface area (Å²) in [6.07, 6.45) is 11.3. The molecule has 3 aromatic heterocycles. The Morgan fingerprint density at radius 2 is 1.03 bits per heavy atom. The van der Waals surface area contributed by atoms with Gasteiger partial charge in [0, 0.05) is 118 Å². The number of ether oxygens (including phenoxy) is 3. The van der Waals surface area contributed by atoms with Gasteiger partial charge in [-0.15, -0.1) is 0 Å². The molecule has 2 unspecified atom stereocenters. The molecule has 5 fully saturated rings. The summed E-state index contributed by atoms with van der Waals surface area (Å²) in [6.45, 7) is 3.74. The molecule has 2 saturated heterocycles. The van der Waals surface area contributed by atoms with Crippen molar-refractivity contribution in [3.63, 3.8) is 0 Å². The third kappa shape index (κ3) is 26.2. The molecule has 662 valence electrons. The zero-order chi connectivity index (χ0) is 87.9. The number of benzene rings is 3. The molecule has 9 atom stereocenters. The maximum Gasteiger partial charge on any atom is 0.419 e. The van der Waals surface area contributed by atoms with Gasteiger partial charge < -0.3 is 55.9 Å². The first-order valence-electron chi connectivity index (χ1n) is 39.8. The lowest BCUT2D eigenvalue weighted by Crippen LogP contribution is -2.43. The van der Waals surface area contributed by atoms with Gasteiger partial charge in [0.15, 0.2) is 0 Å². The van der Waals surface area contributed by atoms with Gasteiger partial charge in [-0.25, -0.2) is 55.6 Å². The quantitative estimate of drug-likeness (QED) is 0.0188. The number of halogens is 8. The predicted octanol–water partition coefficient (Wildman–Crippen LogP) is 12.0. The molecule has 3 amide bonds. The standard InChI is InChI=1S/C28H39F3N6O3S.C27H39F3N6O3S.C26H36BrFN6O4S/c1-36-14-8-11-24(36)26(38)33-19-12-13-21(25(16-19)40-3)34-27-32-17-20(28(29,30)31)22(35-27)15-18-9-6-7-10-23(18)37(2)41(4,5)39;1-35(2)14-13-31-25(37)19-11-12-24(39-4)22(16-19)34-26-32-17-20(27(28,29)30)21(33-26)15-18-9-7-8-10-23(18)36(3)40(5,6)38;1-33-10-8-17(9-11-33)30-25(35)18-13-24(38-3)22(14-20(18)28)32-26-29-15-19(27)21(31-26)12-16-6-5-7-23(16)34(2)39(4,36)37/h12-13,16-18,23-24H,4,6-11,14-15H2,1-3,5H3,(H,33,38)(H,32,34,35);11-12,16-18,23H,5,7-10,13-15H2,1-4,6H3,(H,31,37)(H,32,33,34);13-17,23H,5-12H2,1-4H3,(H,30,35)(H,29,31,32)/t18-,23+,24+,41?;18-,23+,40?;16-,23+/m000/s1. The first-order chi connectivity index (χ1) is 56.4. The molecule has 0 bridgehead atoms. The average molecular weight is 1810 g/mol. The third-order valence-electron chi connectivity index (χ3n) is 23.0. The van der Waals surface area contributed by atoms with Crippen LogP contribution in [0.5, 0.6) is 17.2 Å². The van der Waals surface area contributed by atoms with Gasteiger partial charge in [0.2, 0.25) is 33.8 Å². The highest BCUT2D eigenvalue weighted by Gasteiger charge is 2.42. The van der Waals surface area contributed by atoms with Crippen LogP contribution in [0.4, 0.5) is 71.3 Å². The minimum atomic E-state index is -4.64. The minimum absolute atomic E-state index is 0.00293. The zero-order valence-electron chi connectivity index (χ0n) is 70.3. The van der Waals surface area contributed by atoms with E-state index in [1.807, 2.05) is 38.0 Å². The Hall–Kier alpha value is -8.15. The number of likely N-dealkylation sites (N-methyl/N-ethyl adjacent to an activating group) is 2. The molecular weight excluding hydrogens is 1690 g/mol. The molecule has 28 nitrogen and oxygen atoms in total. The van der Waals surface area contributed by atoms with Crippen molar-refractivity contribution >= 4 is 115 Å². The van der Waals surface area contributed by atoms with Crippen molar-refractivity contribution in [2.45, 2.75) is 158 Å². The van der Waals surface area contributed by atoms with Gasteiger partial charge in [0.25, 0.3) is 11.8 Å². The molecule has 5 heterocycles. The molecule has 0 radical (unpaired) electrons. The van der Waals surface area contributed by atoms with E-state index in [2.05, 4.69) is 94.4 Å². The fourth-order valence-electron chi connectivity index (χ4n) is 16.0. The number of hydrogen-bond donors (Lipinski definition) is 6. The summed E-state index contributed by atoms with van der Waals surface area (Å²) >= 11 is 3.51. The van der Waals surface area contributed by atoms with Crippen molar-refractivity contribution in [3.8, 4) is 17.2 Å². The third-order valence-corrected chi connectivity index (χ3v) is 27.9. The fraction of sp³-hybridized carbons (Fsp3) is 0.568. The maximum absolute atomic E-state index is 15.1. The number of hydrogen-bond acceptors (Lipinski definition) is 22. The highest BCUT2D eigenvalue weighted by Crippen LogP contribution is 2.42. The molecule has 2 aliphatic heterocycles. The highest BCUT2D eigenvalue weighted by molar-refractivity contribution is 9.10. The smallest absolute Gasteiger partial charge is 0.419 e. The number of methoxy groups -OCH3 is 3. The summed E-state index contributed by atoms with van der Waals surface area (Å²) in [5, 5.41) is 17.6. The molecule has 3 saturated carbocycles. The van der Waals surface area contributed by atoms with Crippen LogP contribution in [0.25, 0.3) is 0 Å². The number of amides is 3. The number of likely N-dealkylation sites (tertiary alicyclic amines) is 2. The number of rotatable bonds is 29. The van der Waals surface area contributed by atoms with Gasteiger partial charge in [-0.3, -0.25) is 27.7 Å². The van der Waals surface area contributed by atoms with E-state index in [0.29, 0.717) is 70.9 Å². The second-order valence-corrected chi connectivity index (χ2v) is 39.8. The first-order valence-corrected chi connectivity index (χ1v) is 46.7. The number of aromatic nitrogens is 6. The Kier molecular flexibility index (Phi) is 33.3. The molecule has 39 heteroatoms. The summed E-state index contributed by atoms with van der Waals surface area (Å²) in [7, 11) is 8.82.